The van der Waals surface area contributed by atoms with Crippen molar-refractivity contribution in [3.8, 4) is 11.8 Å². The number of rotatable bonds is 2. The molecule has 78 valence electrons. The van der Waals surface area contributed by atoms with E-state index >= 15 is 0 Å². The van der Waals surface area contributed by atoms with Crippen LogP contribution < -0.4 is 0 Å². The first-order chi connectivity index (χ1) is 7.13. The summed E-state index contributed by atoms with van der Waals surface area (Å²) in [4.78, 5) is 11.3. The Hall–Kier alpha value is -1.54. The number of phenols is 1. The summed E-state index contributed by atoms with van der Waals surface area (Å²) in [6.45, 7) is 0. The second kappa shape index (κ2) is 4.80. The van der Waals surface area contributed by atoms with Crippen LogP contribution in [0.1, 0.15) is 21.5 Å². The highest BCUT2D eigenvalue weighted by Crippen LogP contribution is 2.26. The number of phenolic OH excluding ortho intramolecular Hbond substituents is 1. The van der Waals surface area contributed by atoms with Gasteiger partial charge in [-0.1, -0.05) is 15.9 Å². The Bertz CT molecular complexity index is 437. The molecule has 0 saturated carbocycles. The quantitative estimate of drug-likeness (QED) is 0.658. The standard InChI is InChI=1S/C10H8BrNO3/c1-15-10(14)8-3-6(5-12)2-7(4-11)9(8)13/h2-3,13H,4H2,1H3. The molecule has 0 aliphatic heterocycles. The lowest BCUT2D eigenvalue weighted by Crippen LogP contribution is -2.03. The summed E-state index contributed by atoms with van der Waals surface area (Å²) in [5.74, 6) is -0.815. The van der Waals surface area contributed by atoms with E-state index in [4.69, 9.17) is 5.26 Å². The molecule has 0 saturated heterocycles. The first kappa shape index (κ1) is 11.5. The molecular weight excluding hydrogens is 262 g/mol. The van der Waals surface area contributed by atoms with Gasteiger partial charge < -0.3 is 9.84 Å². The van der Waals surface area contributed by atoms with Crippen LogP contribution in [0.4, 0.5) is 0 Å². The van der Waals surface area contributed by atoms with Crippen molar-refractivity contribution in [3.05, 3.63) is 28.8 Å². The fourth-order valence-electron chi connectivity index (χ4n) is 1.13. The van der Waals surface area contributed by atoms with Crippen LogP contribution in [0.25, 0.3) is 0 Å². The third-order valence-electron chi connectivity index (χ3n) is 1.87. The van der Waals surface area contributed by atoms with Gasteiger partial charge in [0.25, 0.3) is 0 Å². The molecule has 15 heavy (non-hydrogen) atoms. The van der Waals surface area contributed by atoms with Gasteiger partial charge in [-0.25, -0.2) is 4.79 Å². The molecule has 0 heterocycles. The summed E-state index contributed by atoms with van der Waals surface area (Å²) < 4.78 is 4.49. The number of carbonyl (C=O) groups excluding carboxylic acids is 1. The van der Waals surface area contributed by atoms with Crippen LogP contribution in [-0.2, 0) is 10.1 Å². The van der Waals surface area contributed by atoms with Crippen LogP contribution in [0.15, 0.2) is 12.1 Å². The smallest absolute Gasteiger partial charge is 0.341 e. The first-order valence-corrected chi connectivity index (χ1v) is 5.16. The number of benzene rings is 1. The highest BCUT2D eigenvalue weighted by atomic mass is 79.9. The minimum atomic E-state index is -0.660. The molecule has 1 aromatic rings. The SMILES string of the molecule is COC(=O)c1cc(C#N)cc(CBr)c1O. The molecule has 1 rings (SSSR count). The van der Waals surface area contributed by atoms with Gasteiger partial charge in [-0.3, -0.25) is 0 Å². The minimum absolute atomic E-state index is 0.00556. The molecule has 0 aliphatic carbocycles. The van der Waals surface area contributed by atoms with Crippen molar-refractivity contribution in [2.75, 3.05) is 7.11 Å². The van der Waals surface area contributed by atoms with Crippen molar-refractivity contribution in [3.63, 3.8) is 0 Å². The van der Waals surface area contributed by atoms with Gasteiger partial charge in [0.05, 0.1) is 18.7 Å². The van der Waals surface area contributed by atoms with Gasteiger partial charge in [0, 0.05) is 10.9 Å². The highest BCUT2D eigenvalue weighted by molar-refractivity contribution is 9.08. The lowest BCUT2D eigenvalue weighted by atomic mass is 10.1. The van der Waals surface area contributed by atoms with E-state index in [-0.39, 0.29) is 11.3 Å². The lowest BCUT2D eigenvalue weighted by molar-refractivity contribution is 0.0597. The summed E-state index contributed by atoms with van der Waals surface area (Å²) in [6, 6.07) is 4.72. The molecule has 0 amide bonds. The van der Waals surface area contributed by atoms with E-state index in [1.54, 1.807) is 0 Å². The highest BCUT2D eigenvalue weighted by Gasteiger charge is 2.16. The van der Waals surface area contributed by atoms with E-state index in [1.807, 2.05) is 6.07 Å². The van der Waals surface area contributed by atoms with Crippen molar-refractivity contribution in [2.24, 2.45) is 0 Å². The van der Waals surface area contributed by atoms with Crippen LogP contribution >= 0.6 is 15.9 Å². The molecule has 0 atom stereocenters. The second-order valence-electron chi connectivity index (χ2n) is 2.77. The number of hydrogen-bond donors (Lipinski definition) is 1. The molecule has 4 nitrogen and oxygen atoms in total. The minimum Gasteiger partial charge on any atom is -0.507 e. The zero-order valence-corrected chi connectivity index (χ0v) is 9.54. The Labute approximate surface area is 95.2 Å². The van der Waals surface area contributed by atoms with E-state index < -0.39 is 5.97 Å². The van der Waals surface area contributed by atoms with E-state index in [1.165, 1.54) is 19.2 Å². The number of ether oxygens (including phenoxy) is 1. The molecule has 5 heteroatoms. The molecule has 0 unspecified atom stereocenters. The zero-order valence-electron chi connectivity index (χ0n) is 7.95. The van der Waals surface area contributed by atoms with Crippen LogP contribution in [0.3, 0.4) is 0 Å². The average Bonchev–Trinajstić information content (AvgIpc) is 2.28. The molecule has 0 spiro atoms. The lowest BCUT2D eigenvalue weighted by Gasteiger charge is -2.06. The maximum absolute atomic E-state index is 11.3. The number of alkyl halides is 1. The maximum Gasteiger partial charge on any atom is 0.341 e. The van der Waals surface area contributed by atoms with Crippen molar-refractivity contribution in [1.29, 1.82) is 5.26 Å². The Morgan fingerprint density at radius 1 is 1.67 bits per heavy atom. The summed E-state index contributed by atoms with van der Waals surface area (Å²) in [7, 11) is 1.22. The van der Waals surface area contributed by atoms with Crippen molar-refractivity contribution in [1.82, 2.24) is 0 Å². The van der Waals surface area contributed by atoms with E-state index in [0.717, 1.165) is 0 Å². The van der Waals surface area contributed by atoms with Crippen LogP contribution in [0, 0.1) is 11.3 Å². The number of halogens is 1. The van der Waals surface area contributed by atoms with Crippen molar-refractivity contribution in [2.45, 2.75) is 5.33 Å². The molecule has 0 aromatic heterocycles. The van der Waals surface area contributed by atoms with Gasteiger partial charge in [-0.15, -0.1) is 0 Å². The van der Waals surface area contributed by atoms with Crippen LogP contribution in [0.5, 0.6) is 5.75 Å². The van der Waals surface area contributed by atoms with Crippen molar-refractivity contribution < 1.29 is 14.6 Å². The summed E-state index contributed by atoms with van der Waals surface area (Å²) in [5, 5.41) is 18.8. The summed E-state index contributed by atoms with van der Waals surface area (Å²) in [5.41, 5.74) is 0.795. The topological polar surface area (TPSA) is 70.3 Å². The number of nitrogens with zero attached hydrogens (tertiary/aromatic N) is 1. The van der Waals surface area contributed by atoms with E-state index in [9.17, 15) is 9.90 Å². The molecule has 0 fully saturated rings. The monoisotopic (exact) mass is 269 g/mol. The third-order valence-corrected chi connectivity index (χ3v) is 2.47. The summed E-state index contributed by atoms with van der Waals surface area (Å²) in [6.07, 6.45) is 0. The van der Waals surface area contributed by atoms with E-state index in [2.05, 4.69) is 20.7 Å². The maximum atomic E-state index is 11.3. The normalized spacial score (nSPS) is 9.40. The number of nitriles is 1. The predicted octanol–water partition coefficient (Wildman–Crippen LogP) is 1.95. The fraction of sp³-hybridized carbons (Fsp3) is 0.200. The van der Waals surface area contributed by atoms with E-state index in [0.29, 0.717) is 16.5 Å². The zero-order chi connectivity index (χ0) is 11.4. The molecular formula is C10H8BrNO3. The average molecular weight is 270 g/mol. The largest absolute Gasteiger partial charge is 0.507 e. The Morgan fingerprint density at radius 3 is 2.80 bits per heavy atom. The summed E-state index contributed by atoms with van der Waals surface area (Å²) >= 11 is 3.16. The fourth-order valence-corrected chi connectivity index (χ4v) is 1.55. The Kier molecular flexibility index (Phi) is 3.69. The van der Waals surface area contributed by atoms with Gasteiger partial charge in [0.15, 0.2) is 0 Å². The number of carbonyl (C=O) groups is 1. The van der Waals surface area contributed by atoms with Gasteiger partial charge in [-0.05, 0) is 12.1 Å². The second-order valence-corrected chi connectivity index (χ2v) is 3.33. The number of aromatic hydroxyl groups is 1. The Morgan fingerprint density at radius 2 is 2.33 bits per heavy atom. The first-order valence-electron chi connectivity index (χ1n) is 4.04. The van der Waals surface area contributed by atoms with Gasteiger partial charge in [-0.2, -0.15) is 5.26 Å². The van der Waals surface area contributed by atoms with Crippen LogP contribution in [-0.4, -0.2) is 18.2 Å². The third kappa shape index (κ3) is 2.28. The number of hydrogen-bond acceptors (Lipinski definition) is 4. The van der Waals surface area contributed by atoms with Crippen LogP contribution in [0.2, 0.25) is 0 Å². The van der Waals surface area contributed by atoms with Gasteiger partial charge >= 0.3 is 5.97 Å². The number of esters is 1. The molecule has 1 N–H and O–H groups in total. The molecule has 1 aromatic carbocycles. The molecule has 0 aliphatic rings. The molecule has 0 radical (unpaired) electrons. The molecule has 0 bridgehead atoms. The Balaban J connectivity index is 3.38. The predicted molar refractivity (Wildman–Crippen MR) is 56.8 cm³/mol. The van der Waals surface area contributed by atoms with Crippen molar-refractivity contribution >= 4 is 21.9 Å². The number of methoxy groups -OCH3 is 1. The van der Waals surface area contributed by atoms with Gasteiger partial charge in [0.1, 0.15) is 11.3 Å². The van der Waals surface area contributed by atoms with Gasteiger partial charge in [0.2, 0.25) is 0 Å².